The van der Waals surface area contributed by atoms with Crippen LogP contribution in [0.1, 0.15) is 23.2 Å². The van der Waals surface area contributed by atoms with Gasteiger partial charge in [-0.05, 0) is 31.0 Å². The second-order valence-corrected chi connectivity index (χ2v) is 6.35. The van der Waals surface area contributed by atoms with E-state index in [1.54, 1.807) is 6.07 Å². The predicted octanol–water partition coefficient (Wildman–Crippen LogP) is 4.06. The summed E-state index contributed by atoms with van der Waals surface area (Å²) in [6, 6.07) is 8.16. The number of non-ortho nitro benzene ring substituents is 1. The number of benzene rings is 2. The van der Waals surface area contributed by atoms with Crippen LogP contribution < -0.4 is 19.7 Å². The Balaban J connectivity index is 1.91. The maximum atomic E-state index is 12.9. The lowest BCUT2D eigenvalue weighted by atomic mass is 10.1. The van der Waals surface area contributed by atoms with Crippen molar-refractivity contribution >= 4 is 23.0 Å². The van der Waals surface area contributed by atoms with Crippen LogP contribution in [0.3, 0.4) is 0 Å². The van der Waals surface area contributed by atoms with Gasteiger partial charge in [0.05, 0.1) is 23.3 Å². The Kier molecular flexibility index (Phi) is 6.10. The first-order chi connectivity index (χ1) is 13.9. The lowest BCUT2D eigenvalue weighted by Crippen LogP contribution is -2.23. The van der Waals surface area contributed by atoms with E-state index in [4.69, 9.17) is 4.74 Å². The summed E-state index contributed by atoms with van der Waals surface area (Å²) in [7, 11) is 1.30. The van der Waals surface area contributed by atoms with Crippen molar-refractivity contribution in [3.8, 4) is 11.5 Å². The molecule has 10 heteroatoms. The Labute approximate surface area is 165 Å². The highest BCUT2D eigenvalue weighted by atomic mass is 19.3. The van der Waals surface area contributed by atoms with Crippen molar-refractivity contribution in [1.82, 2.24) is 0 Å². The number of hydrogen-bond acceptors (Lipinski definition) is 6. The molecule has 0 saturated carbocycles. The summed E-state index contributed by atoms with van der Waals surface area (Å²) >= 11 is 0. The van der Waals surface area contributed by atoms with E-state index >= 15 is 0 Å². The van der Waals surface area contributed by atoms with Crippen LogP contribution in [0.2, 0.25) is 0 Å². The van der Waals surface area contributed by atoms with Crippen LogP contribution >= 0.6 is 0 Å². The van der Waals surface area contributed by atoms with Crippen molar-refractivity contribution in [2.75, 3.05) is 30.4 Å². The number of nitro groups is 1. The first-order valence-corrected chi connectivity index (χ1v) is 8.86. The average Bonchev–Trinajstić information content (AvgIpc) is 3.22. The van der Waals surface area contributed by atoms with Crippen LogP contribution in [0.25, 0.3) is 0 Å². The molecule has 0 spiro atoms. The summed E-state index contributed by atoms with van der Waals surface area (Å²) in [6.45, 7) is -1.58. The number of nitro benzene ring substituents is 1. The quantitative estimate of drug-likeness (QED) is 0.550. The van der Waals surface area contributed by atoms with Gasteiger partial charge in [0.15, 0.2) is 11.5 Å². The molecule has 0 atom stereocenters. The second-order valence-electron chi connectivity index (χ2n) is 6.35. The number of rotatable bonds is 7. The molecule has 2 aromatic carbocycles. The summed E-state index contributed by atoms with van der Waals surface area (Å²) in [5.41, 5.74) is 0.691. The minimum atomic E-state index is -3.06. The van der Waals surface area contributed by atoms with Crippen LogP contribution in [-0.2, 0) is 0 Å². The van der Waals surface area contributed by atoms with Crippen molar-refractivity contribution in [3.63, 3.8) is 0 Å². The number of nitrogens with one attached hydrogen (secondary N) is 1. The van der Waals surface area contributed by atoms with Crippen molar-refractivity contribution in [3.05, 3.63) is 52.1 Å². The molecule has 1 N–H and O–H groups in total. The summed E-state index contributed by atoms with van der Waals surface area (Å²) in [4.78, 5) is 25.4. The lowest BCUT2D eigenvalue weighted by molar-refractivity contribution is -0.384. The molecule has 2 aromatic rings. The van der Waals surface area contributed by atoms with Gasteiger partial charge >= 0.3 is 6.61 Å². The number of nitrogens with zero attached hydrogens (tertiary/aromatic N) is 2. The van der Waals surface area contributed by atoms with Crippen molar-refractivity contribution < 1.29 is 28.0 Å². The molecule has 3 rings (SSSR count). The topological polar surface area (TPSA) is 93.9 Å². The molecule has 29 heavy (non-hydrogen) atoms. The minimum Gasteiger partial charge on any atom is -0.493 e. The van der Waals surface area contributed by atoms with Crippen molar-refractivity contribution in [1.29, 1.82) is 0 Å². The molecule has 1 amide bonds. The molecular weight excluding hydrogens is 388 g/mol. The van der Waals surface area contributed by atoms with E-state index in [1.165, 1.54) is 37.4 Å². The fourth-order valence-corrected chi connectivity index (χ4v) is 3.19. The molecule has 0 aliphatic carbocycles. The number of amides is 1. The lowest BCUT2D eigenvalue weighted by Gasteiger charge is -2.21. The molecule has 1 fully saturated rings. The smallest absolute Gasteiger partial charge is 0.387 e. The summed E-state index contributed by atoms with van der Waals surface area (Å²) in [5.74, 6) is -0.751. The third-order valence-electron chi connectivity index (χ3n) is 4.52. The highest BCUT2D eigenvalue weighted by Crippen LogP contribution is 2.33. The highest BCUT2D eigenvalue weighted by Gasteiger charge is 2.23. The second kappa shape index (κ2) is 8.72. The van der Waals surface area contributed by atoms with Crippen molar-refractivity contribution in [2.45, 2.75) is 19.5 Å². The zero-order chi connectivity index (χ0) is 21.0. The van der Waals surface area contributed by atoms with E-state index in [0.29, 0.717) is 5.69 Å². The molecule has 1 aliphatic heterocycles. The number of ether oxygens (including phenoxy) is 2. The van der Waals surface area contributed by atoms with Crippen LogP contribution in [0.15, 0.2) is 36.4 Å². The third-order valence-corrected chi connectivity index (χ3v) is 4.52. The Morgan fingerprint density at radius 3 is 2.52 bits per heavy atom. The van der Waals surface area contributed by atoms with E-state index in [-0.39, 0.29) is 28.4 Å². The van der Waals surface area contributed by atoms with Gasteiger partial charge in [-0.1, -0.05) is 0 Å². The van der Waals surface area contributed by atoms with Gasteiger partial charge in [0.1, 0.15) is 0 Å². The van der Waals surface area contributed by atoms with Gasteiger partial charge in [-0.2, -0.15) is 8.78 Å². The molecule has 1 aliphatic rings. The minimum absolute atomic E-state index is 0.0800. The molecule has 0 bridgehead atoms. The van der Waals surface area contributed by atoms with E-state index in [2.05, 4.69) is 10.1 Å². The average molecular weight is 407 g/mol. The van der Waals surface area contributed by atoms with Crippen LogP contribution in [0, 0.1) is 10.1 Å². The fourth-order valence-electron chi connectivity index (χ4n) is 3.19. The number of anilines is 2. The van der Waals surface area contributed by atoms with Crippen LogP contribution in [-0.4, -0.2) is 37.6 Å². The largest absolute Gasteiger partial charge is 0.493 e. The van der Waals surface area contributed by atoms with E-state index < -0.39 is 17.4 Å². The van der Waals surface area contributed by atoms with Gasteiger partial charge < -0.3 is 19.7 Å². The highest BCUT2D eigenvalue weighted by molar-refractivity contribution is 6.08. The van der Waals surface area contributed by atoms with Gasteiger partial charge in [-0.3, -0.25) is 14.9 Å². The van der Waals surface area contributed by atoms with Gasteiger partial charge in [-0.25, -0.2) is 0 Å². The molecule has 1 heterocycles. The maximum absolute atomic E-state index is 12.9. The number of halogens is 2. The Morgan fingerprint density at radius 1 is 1.17 bits per heavy atom. The fraction of sp³-hybridized carbons (Fsp3) is 0.316. The number of methoxy groups -OCH3 is 1. The van der Waals surface area contributed by atoms with Gasteiger partial charge in [0, 0.05) is 37.0 Å². The van der Waals surface area contributed by atoms with Gasteiger partial charge in [0.25, 0.3) is 11.6 Å². The summed E-state index contributed by atoms with van der Waals surface area (Å²) in [6.07, 6.45) is 1.93. The zero-order valence-electron chi connectivity index (χ0n) is 15.6. The van der Waals surface area contributed by atoms with Crippen LogP contribution in [0.4, 0.5) is 25.8 Å². The summed E-state index contributed by atoms with van der Waals surface area (Å²) in [5, 5.41) is 13.7. The molecule has 154 valence electrons. The third kappa shape index (κ3) is 4.71. The Morgan fingerprint density at radius 2 is 1.90 bits per heavy atom. The van der Waals surface area contributed by atoms with Gasteiger partial charge in [-0.15, -0.1) is 0 Å². The zero-order valence-corrected chi connectivity index (χ0v) is 15.6. The van der Waals surface area contributed by atoms with Crippen molar-refractivity contribution in [2.24, 2.45) is 0 Å². The Hall–Kier alpha value is -3.43. The molecule has 0 radical (unpaired) electrons. The number of carbonyl (C=O) groups excluding carboxylic acids is 1. The SMILES string of the molecule is COc1ccc(NC(=O)c2cc([N+](=O)[O-])ccc2N2CCCC2)cc1OC(F)F. The maximum Gasteiger partial charge on any atom is 0.387 e. The molecule has 0 unspecified atom stereocenters. The van der Waals surface area contributed by atoms with Crippen LogP contribution in [0.5, 0.6) is 11.5 Å². The standard InChI is InChI=1S/C19H19F2N3O5/c1-28-16-7-4-12(10-17(16)29-19(20)21)22-18(25)14-11-13(24(26)27)5-6-15(14)23-8-2-3-9-23/h4-7,10-11,19H,2-3,8-9H2,1H3,(H,22,25). The number of carbonyl (C=O) groups is 1. The predicted molar refractivity (Wildman–Crippen MR) is 102 cm³/mol. The molecule has 0 aromatic heterocycles. The summed E-state index contributed by atoms with van der Waals surface area (Å²) < 4.78 is 34.6. The monoisotopic (exact) mass is 407 g/mol. The van der Waals surface area contributed by atoms with E-state index in [9.17, 15) is 23.7 Å². The first-order valence-electron chi connectivity index (χ1n) is 8.86. The van der Waals surface area contributed by atoms with E-state index in [0.717, 1.165) is 25.9 Å². The van der Waals surface area contributed by atoms with Gasteiger partial charge in [0.2, 0.25) is 0 Å². The number of hydrogen-bond donors (Lipinski definition) is 1. The normalized spacial score (nSPS) is 13.4. The molecular formula is C19H19F2N3O5. The van der Waals surface area contributed by atoms with E-state index in [1.807, 2.05) is 4.90 Å². The Bertz CT molecular complexity index is 917. The first kappa shape index (κ1) is 20.3. The number of alkyl halides is 2. The molecule has 1 saturated heterocycles. The molecule has 8 nitrogen and oxygen atoms in total.